The van der Waals surface area contributed by atoms with E-state index in [0.717, 1.165) is 6.42 Å². The minimum Gasteiger partial charge on any atom is -0.449 e. The summed E-state index contributed by atoms with van der Waals surface area (Å²) in [5, 5.41) is 2.30. The average Bonchev–Trinajstić information content (AvgIpc) is 2.60. The third-order valence-corrected chi connectivity index (χ3v) is 5.11. The van der Waals surface area contributed by atoms with Gasteiger partial charge >= 0.3 is 6.09 Å². The predicted molar refractivity (Wildman–Crippen MR) is 86.3 cm³/mol. The fourth-order valence-electron chi connectivity index (χ4n) is 3.95. The zero-order valence-electron chi connectivity index (χ0n) is 13.4. The highest BCUT2D eigenvalue weighted by atomic mass is 16.5. The first kappa shape index (κ1) is 16.0. The van der Waals surface area contributed by atoms with Gasteiger partial charge < -0.3 is 9.64 Å². The number of quaternary nitrogens is 1. The lowest BCUT2D eigenvalue weighted by atomic mass is 9.84. The molecule has 0 radical (unpaired) electrons. The Bertz CT molecular complexity index is 544. The van der Waals surface area contributed by atoms with Crippen LogP contribution < -0.4 is 10.2 Å². The van der Waals surface area contributed by atoms with Crippen molar-refractivity contribution in [2.75, 3.05) is 19.7 Å². The fourth-order valence-corrected chi connectivity index (χ4v) is 3.95. The van der Waals surface area contributed by atoms with Crippen LogP contribution in [0.1, 0.15) is 42.5 Å². The number of hydrogen-bond acceptors (Lipinski definition) is 3. The van der Waals surface area contributed by atoms with Gasteiger partial charge in [-0.05, 0) is 44.2 Å². The van der Waals surface area contributed by atoms with Crippen LogP contribution in [0.3, 0.4) is 0 Å². The third kappa shape index (κ3) is 4.10. The minimum absolute atomic E-state index is 0.413. The van der Waals surface area contributed by atoms with E-state index in [2.05, 4.69) is 5.32 Å². The average molecular weight is 317 g/mol. The van der Waals surface area contributed by atoms with Crippen molar-refractivity contribution in [3.63, 3.8) is 0 Å². The molecule has 0 aliphatic carbocycles. The molecule has 0 spiro atoms. The molecule has 5 heteroatoms. The summed E-state index contributed by atoms with van der Waals surface area (Å²) in [5.41, 5.74) is 0.463. The van der Waals surface area contributed by atoms with Gasteiger partial charge in [0, 0.05) is 11.5 Å². The van der Waals surface area contributed by atoms with E-state index in [0.29, 0.717) is 24.1 Å². The van der Waals surface area contributed by atoms with E-state index in [-0.39, 0.29) is 0 Å². The van der Waals surface area contributed by atoms with Crippen molar-refractivity contribution in [1.82, 2.24) is 5.32 Å². The summed E-state index contributed by atoms with van der Waals surface area (Å²) < 4.78 is 5.34. The predicted octanol–water partition coefficient (Wildman–Crippen LogP) is 1.40. The van der Waals surface area contributed by atoms with Gasteiger partial charge in [-0.25, -0.2) is 4.79 Å². The van der Waals surface area contributed by atoms with Crippen molar-refractivity contribution in [2.45, 2.75) is 38.1 Å². The summed E-state index contributed by atoms with van der Waals surface area (Å²) in [7, 11) is 0. The summed E-state index contributed by atoms with van der Waals surface area (Å²) in [4.78, 5) is 25.5. The molecule has 23 heavy (non-hydrogen) atoms. The van der Waals surface area contributed by atoms with Gasteiger partial charge in [-0.15, -0.1) is 0 Å². The van der Waals surface area contributed by atoms with Crippen molar-refractivity contribution < 1.29 is 19.2 Å². The number of amides is 2. The Morgan fingerprint density at radius 2 is 1.87 bits per heavy atom. The molecule has 124 valence electrons. The maximum absolute atomic E-state index is 11.9. The van der Waals surface area contributed by atoms with Crippen LogP contribution in [0.15, 0.2) is 30.3 Å². The normalized spacial score (nSPS) is 26.9. The molecule has 2 N–H and O–H groups in total. The second kappa shape index (κ2) is 7.59. The number of alkyl carbamates (subject to hydrolysis) is 1. The Morgan fingerprint density at radius 3 is 2.70 bits per heavy atom. The van der Waals surface area contributed by atoms with E-state index in [1.54, 1.807) is 29.2 Å². The van der Waals surface area contributed by atoms with Gasteiger partial charge in [0.15, 0.2) is 0 Å². The number of carbonyl (C=O) groups is 2. The van der Waals surface area contributed by atoms with Crippen LogP contribution in [0, 0.1) is 5.92 Å². The quantitative estimate of drug-likeness (QED) is 0.886. The van der Waals surface area contributed by atoms with Crippen molar-refractivity contribution in [1.29, 1.82) is 0 Å². The number of carbonyl (C=O) groups excluding carboxylic acids is 2. The highest BCUT2D eigenvalue weighted by Crippen LogP contribution is 2.20. The molecule has 1 aromatic rings. The third-order valence-electron chi connectivity index (χ3n) is 5.11. The number of hydrogen-bond donors (Lipinski definition) is 2. The van der Waals surface area contributed by atoms with Crippen LogP contribution in [0.5, 0.6) is 0 Å². The van der Waals surface area contributed by atoms with Crippen molar-refractivity contribution >= 4 is 12.0 Å². The summed E-state index contributed by atoms with van der Waals surface area (Å²) in [6, 6.07) is 9.33. The Morgan fingerprint density at radius 1 is 1.09 bits per heavy atom. The summed E-state index contributed by atoms with van der Waals surface area (Å²) in [6.45, 7) is 2.92. The molecule has 0 aromatic heterocycles. The largest absolute Gasteiger partial charge is 0.449 e. The molecule has 3 unspecified atom stereocenters. The Hall–Kier alpha value is -1.88. The van der Waals surface area contributed by atoms with E-state index in [1.807, 2.05) is 6.07 Å². The molecule has 2 heterocycles. The number of benzene rings is 1. The molecule has 0 bridgehead atoms. The Labute approximate surface area is 137 Å². The molecule has 2 saturated heterocycles. The van der Waals surface area contributed by atoms with E-state index >= 15 is 0 Å². The minimum atomic E-state index is -0.637. The molecule has 2 amide bonds. The SMILES string of the molecule is O=C(NC(=O)c1ccccc1)OCC1CCC[NH+]2CCCCC12. The van der Waals surface area contributed by atoms with Crippen LogP contribution in [0.2, 0.25) is 0 Å². The second-order valence-electron chi connectivity index (χ2n) is 6.58. The molecule has 2 aliphatic rings. The van der Waals surface area contributed by atoms with Crippen LogP contribution in [0.25, 0.3) is 0 Å². The molecular weight excluding hydrogens is 292 g/mol. The first-order valence-electron chi connectivity index (χ1n) is 8.62. The van der Waals surface area contributed by atoms with Crippen molar-refractivity contribution in [3.05, 3.63) is 35.9 Å². The standard InChI is InChI=1S/C18H24N2O3/c21-17(14-7-2-1-3-8-14)19-18(22)23-13-15-9-6-12-20-11-5-4-10-16(15)20/h1-3,7-8,15-16H,4-6,9-13H2,(H,19,21,22)/p+1. The zero-order chi connectivity index (χ0) is 16.1. The molecule has 2 aliphatic heterocycles. The maximum Gasteiger partial charge on any atom is 0.414 e. The molecular formula is C18H25N2O3+. The molecule has 3 atom stereocenters. The molecule has 3 rings (SSSR count). The first-order chi connectivity index (χ1) is 11.2. The number of ether oxygens (including phenoxy) is 1. The number of rotatable bonds is 3. The highest BCUT2D eigenvalue weighted by Gasteiger charge is 2.37. The van der Waals surface area contributed by atoms with Crippen LogP contribution in [-0.4, -0.2) is 37.7 Å². The lowest BCUT2D eigenvalue weighted by molar-refractivity contribution is -0.940. The smallest absolute Gasteiger partial charge is 0.414 e. The van der Waals surface area contributed by atoms with Crippen LogP contribution in [-0.2, 0) is 4.74 Å². The van der Waals surface area contributed by atoms with Gasteiger partial charge in [0.05, 0.1) is 19.1 Å². The topological polar surface area (TPSA) is 59.8 Å². The number of fused-ring (bicyclic) bond motifs is 1. The summed E-state index contributed by atoms with van der Waals surface area (Å²) >= 11 is 0. The number of imide groups is 1. The monoisotopic (exact) mass is 317 g/mol. The highest BCUT2D eigenvalue weighted by molar-refractivity contribution is 6.02. The molecule has 2 fully saturated rings. The van der Waals surface area contributed by atoms with E-state index in [1.165, 1.54) is 38.8 Å². The summed E-state index contributed by atoms with van der Waals surface area (Å²) in [5.74, 6) is 0.0146. The van der Waals surface area contributed by atoms with Gasteiger partial charge in [-0.2, -0.15) is 0 Å². The lowest BCUT2D eigenvalue weighted by Gasteiger charge is -2.40. The Balaban J connectivity index is 1.47. The van der Waals surface area contributed by atoms with Gasteiger partial charge in [0.2, 0.25) is 0 Å². The second-order valence-corrected chi connectivity index (χ2v) is 6.58. The van der Waals surface area contributed by atoms with E-state index in [9.17, 15) is 9.59 Å². The van der Waals surface area contributed by atoms with E-state index < -0.39 is 12.0 Å². The van der Waals surface area contributed by atoms with Gasteiger partial charge in [0.1, 0.15) is 6.61 Å². The number of piperidine rings is 2. The van der Waals surface area contributed by atoms with Crippen molar-refractivity contribution in [2.24, 2.45) is 5.92 Å². The zero-order valence-corrected chi connectivity index (χ0v) is 13.4. The van der Waals surface area contributed by atoms with Crippen LogP contribution in [0.4, 0.5) is 4.79 Å². The molecule has 5 nitrogen and oxygen atoms in total. The fraction of sp³-hybridized carbons (Fsp3) is 0.556. The first-order valence-corrected chi connectivity index (χ1v) is 8.62. The molecule has 1 aromatic carbocycles. The van der Waals surface area contributed by atoms with Crippen molar-refractivity contribution in [3.8, 4) is 0 Å². The van der Waals surface area contributed by atoms with Gasteiger partial charge in [0.25, 0.3) is 5.91 Å². The lowest BCUT2D eigenvalue weighted by Crippen LogP contribution is -3.18. The van der Waals surface area contributed by atoms with Gasteiger partial charge in [-0.3, -0.25) is 10.1 Å². The van der Waals surface area contributed by atoms with Gasteiger partial charge in [-0.1, -0.05) is 18.2 Å². The Kier molecular flexibility index (Phi) is 5.28. The molecule has 0 saturated carbocycles. The van der Waals surface area contributed by atoms with E-state index in [4.69, 9.17) is 4.74 Å². The maximum atomic E-state index is 11.9. The number of nitrogens with one attached hydrogen (secondary N) is 2. The summed E-state index contributed by atoms with van der Waals surface area (Å²) in [6.07, 6.45) is 5.50. The van der Waals surface area contributed by atoms with Crippen LogP contribution >= 0.6 is 0 Å².